The van der Waals surface area contributed by atoms with Crippen molar-refractivity contribution in [1.82, 2.24) is 9.88 Å². The summed E-state index contributed by atoms with van der Waals surface area (Å²) in [7, 11) is 1.66. The van der Waals surface area contributed by atoms with Crippen molar-refractivity contribution in [1.29, 1.82) is 0 Å². The molecular weight excluding hydrogens is 504 g/mol. The Morgan fingerprint density at radius 3 is 2.62 bits per heavy atom. The van der Waals surface area contributed by atoms with Crippen LogP contribution in [0.1, 0.15) is 49.7 Å². The van der Waals surface area contributed by atoms with Crippen molar-refractivity contribution in [2.45, 2.75) is 56.8 Å². The number of pyridine rings is 1. The molecule has 0 atom stereocenters. The molecule has 1 aliphatic rings. The number of nitrogens with zero attached hydrogens (tertiary/aromatic N) is 2. The van der Waals surface area contributed by atoms with Crippen LogP contribution in [0.25, 0.3) is 10.9 Å². The summed E-state index contributed by atoms with van der Waals surface area (Å²) >= 11 is 8.47. The maximum Gasteiger partial charge on any atom is 0.303 e. The quantitative estimate of drug-likeness (QED) is 0.192. The van der Waals surface area contributed by atoms with Crippen molar-refractivity contribution < 1.29 is 14.6 Å². The van der Waals surface area contributed by atoms with E-state index in [1.165, 1.54) is 10.5 Å². The Labute approximate surface area is 229 Å². The number of thioether (sulfide) groups is 1. The first-order chi connectivity index (χ1) is 17.9. The second-order valence-electron chi connectivity index (χ2n) is 10.2. The van der Waals surface area contributed by atoms with Gasteiger partial charge in [0, 0.05) is 16.5 Å². The number of rotatable bonds is 12. The van der Waals surface area contributed by atoms with Gasteiger partial charge in [-0.15, -0.1) is 11.8 Å². The van der Waals surface area contributed by atoms with Gasteiger partial charge in [-0.05, 0) is 112 Å². The Morgan fingerprint density at radius 2 is 1.92 bits per heavy atom. The minimum atomic E-state index is -0.694. The zero-order valence-electron chi connectivity index (χ0n) is 21.8. The van der Waals surface area contributed by atoms with Crippen LogP contribution in [-0.2, 0) is 11.2 Å². The molecule has 1 saturated heterocycles. The number of halogens is 1. The molecule has 2 aromatic carbocycles. The third kappa shape index (κ3) is 7.62. The van der Waals surface area contributed by atoms with E-state index in [9.17, 15) is 9.90 Å². The van der Waals surface area contributed by atoms with Gasteiger partial charge in [0.25, 0.3) is 0 Å². The van der Waals surface area contributed by atoms with E-state index < -0.39 is 5.97 Å². The average molecular weight is 541 g/mol. The number of methoxy groups -OCH3 is 1. The van der Waals surface area contributed by atoms with Crippen LogP contribution in [0, 0.1) is 12.3 Å². The molecule has 198 valence electrons. The van der Waals surface area contributed by atoms with Crippen LogP contribution in [0.5, 0.6) is 5.75 Å². The third-order valence-electron chi connectivity index (χ3n) is 7.62. The molecule has 0 aliphatic carbocycles. The number of carbonyl (C=O) groups is 1. The van der Waals surface area contributed by atoms with Crippen molar-refractivity contribution in [2.24, 2.45) is 5.41 Å². The first kappa shape index (κ1) is 27.7. The highest BCUT2D eigenvalue weighted by Gasteiger charge is 2.36. The third-order valence-corrected chi connectivity index (χ3v) is 9.04. The van der Waals surface area contributed by atoms with E-state index in [-0.39, 0.29) is 11.8 Å². The topological polar surface area (TPSA) is 62.7 Å². The largest absolute Gasteiger partial charge is 0.497 e. The van der Waals surface area contributed by atoms with Gasteiger partial charge in [0.05, 0.1) is 24.1 Å². The molecule has 4 rings (SSSR count). The summed E-state index contributed by atoms with van der Waals surface area (Å²) in [6.07, 6.45) is 7.55. The average Bonchev–Trinajstić information content (AvgIpc) is 2.89. The zero-order valence-corrected chi connectivity index (χ0v) is 23.4. The molecule has 7 heteroatoms. The predicted octanol–water partition coefficient (Wildman–Crippen LogP) is 7.27. The molecule has 3 aromatic rings. The number of aromatic nitrogens is 1. The van der Waals surface area contributed by atoms with Crippen LogP contribution in [0.15, 0.2) is 53.6 Å². The minimum absolute atomic E-state index is 0.147. The lowest BCUT2D eigenvalue weighted by Gasteiger charge is -2.41. The van der Waals surface area contributed by atoms with Crippen LogP contribution < -0.4 is 4.74 Å². The number of fused-ring (bicyclic) bond motifs is 1. The van der Waals surface area contributed by atoms with Gasteiger partial charge in [0.2, 0.25) is 0 Å². The molecule has 0 unspecified atom stereocenters. The van der Waals surface area contributed by atoms with Gasteiger partial charge in [0.1, 0.15) is 5.75 Å². The molecule has 1 N–H and O–H groups in total. The highest BCUT2D eigenvalue weighted by Crippen LogP contribution is 2.41. The summed E-state index contributed by atoms with van der Waals surface area (Å²) in [5.41, 5.74) is 3.11. The predicted molar refractivity (Wildman–Crippen MR) is 153 cm³/mol. The van der Waals surface area contributed by atoms with E-state index in [4.69, 9.17) is 16.3 Å². The van der Waals surface area contributed by atoms with Gasteiger partial charge < -0.3 is 14.7 Å². The Hall–Kier alpha value is -2.28. The molecule has 0 amide bonds. The van der Waals surface area contributed by atoms with Crippen LogP contribution in [0.3, 0.4) is 0 Å². The molecular formula is C30H37ClN2O3S. The maximum absolute atomic E-state index is 11.8. The molecule has 0 bridgehead atoms. The van der Waals surface area contributed by atoms with Gasteiger partial charge >= 0.3 is 5.97 Å². The first-order valence-electron chi connectivity index (χ1n) is 13.1. The SMILES string of the molecule is COc1ccc2ncc(Cl)c(CCCC3(CC(=O)O)CCN(CCCSc4ccc(C)cc4)CC3)c2c1. The Bertz CT molecular complexity index is 1190. The van der Waals surface area contributed by atoms with Gasteiger partial charge in [-0.3, -0.25) is 9.78 Å². The zero-order chi connectivity index (χ0) is 26.3. The highest BCUT2D eigenvalue weighted by atomic mass is 35.5. The fourth-order valence-corrected chi connectivity index (χ4v) is 6.51. The molecule has 0 spiro atoms. The van der Waals surface area contributed by atoms with Crippen molar-refractivity contribution in [3.63, 3.8) is 0 Å². The van der Waals surface area contributed by atoms with Gasteiger partial charge in [0.15, 0.2) is 0 Å². The van der Waals surface area contributed by atoms with Crippen LogP contribution in [0.2, 0.25) is 5.02 Å². The van der Waals surface area contributed by atoms with E-state index in [0.29, 0.717) is 5.02 Å². The number of benzene rings is 2. The highest BCUT2D eigenvalue weighted by molar-refractivity contribution is 7.99. The molecule has 1 aliphatic heterocycles. The number of aliphatic carboxylic acids is 1. The Morgan fingerprint density at radius 1 is 1.16 bits per heavy atom. The fraction of sp³-hybridized carbons (Fsp3) is 0.467. The van der Waals surface area contributed by atoms with Crippen LogP contribution in [-0.4, -0.2) is 53.5 Å². The van der Waals surface area contributed by atoms with Crippen molar-refractivity contribution in [3.8, 4) is 5.75 Å². The summed E-state index contributed by atoms with van der Waals surface area (Å²) in [4.78, 5) is 20.1. The molecule has 37 heavy (non-hydrogen) atoms. The molecule has 1 aromatic heterocycles. The minimum Gasteiger partial charge on any atom is -0.497 e. The number of hydrogen-bond donors (Lipinski definition) is 1. The van der Waals surface area contributed by atoms with E-state index in [1.54, 1.807) is 13.3 Å². The van der Waals surface area contributed by atoms with E-state index in [0.717, 1.165) is 86.1 Å². The molecule has 1 fully saturated rings. The van der Waals surface area contributed by atoms with E-state index >= 15 is 0 Å². The summed E-state index contributed by atoms with van der Waals surface area (Å²) in [5.74, 6) is 1.19. The van der Waals surface area contributed by atoms with Gasteiger partial charge in [-0.1, -0.05) is 29.3 Å². The maximum atomic E-state index is 11.8. The lowest BCUT2D eigenvalue weighted by atomic mass is 9.72. The van der Waals surface area contributed by atoms with Gasteiger partial charge in [-0.25, -0.2) is 0 Å². The smallest absolute Gasteiger partial charge is 0.303 e. The van der Waals surface area contributed by atoms with Crippen molar-refractivity contribution in [2.75, 3.05) is 32.5 Å². The molecule has 0 radical (unpaired) electrons. The second-order valence-corrected chi connectivity index (χ2v) is 11.8. The standard InChI is InChI=1S/C30H37ClN2O3S/c1-22-6-9-24(10-7-22)37-18-4-15-33-16-13-30(14-17-33,20-29(34)35)12-3-5-25-26-19-23(36-2)8-11-28(26)32-21-27(25)31/h6-11,19,21H,3-5,12-18,20H2,1-2H3,(H,34,35). The number of likely N-dealkylation sites (tertiary alicyclic amines) is 1. The number of ether oxygens (including phenoxy) is 1. The number of piperidine rings is 1. The molecule has 2 heterocycles. The normalized spacial score (nSPS) is 15.6. The number of carboxylic acids is 1. The fourth-order valence-electron chi connectivity index (χ4n) is 5.42. The van der Waals surface area contributed by atoms with Crippen LogP contribution in [0.4, 0.5) is 0 Å². The molecule has 5 nitrogen and oxygen atoms in total. The monoisotopic (exact) mass is 540 g/mol. The van der Waals surface area contributed by atoms with E-state index in [2.05, 4.69) is 41.1 Å². The number of hydrogen-bond acceptors (Lipinski definition) is 5. The summed E-state index contributed by atoms with van der Waals surface area (Å²) in [6, 6.07) is 14.6. The number of carboxylic acid groups (broad SMARTS) is 1. The first-order valence-corrected chi connectivity index (χ1v) is 14.5. The van der Waals surface area contributed by atoms with Gasteiger partial charge in [-0.2, -0.15) is 0 Å². The lowest BCUT2D eigenvalue weighted by molar-refractivity contribution is -0.140. The number of aryl methyl sites for hydroxylation is 2. The Balaban J connectivity index is 1.30. The molecule has 0 saturated carbocycles. The lowest BCUT2D eigenvalue weighted by Crippen LogP contribution is -2.41. The summed E-state index contributed by atoms with van der Waals surface area (Å²) < 4.78 is 5.41. The second kappa shape index (κ2) is 13.0. The summed E-state index contributed by atoms with van der Waals surface area (Å²) in [6.45, 7) is 5.13. The van der Waals surface area contributed by atoms with E-state index in [1.807, 2.05) is 30.0 Å². The summed E-state index contributed by atoms with van der Waals surface area (Å²) in [5, 5.41) is 11.4. The van der Waals surface area contributed by atoms with Crippen LogP contribution >= 0.6 is 23.4 Å². The van der Waals surface area contributed by atoms with Crippen molar-refractivity contribution >= 4 is 40.2 Å². The van der Waals surface area contributed by atoms with Crippen molar-refractivity contribution in [3.05, 3.63) is 64.8 Å². The Kier molecular flexibility index (Phi) is 9.74.